The molecule has 0 spiro atoms. The molecule has 4 nitrogen and oxygen atoms in total. The quantitative estimate of drug-likeness (QED) is 0.364. The van der Waals surface area contributed by atoms with Crippen molar-refractivity contribution in [2.24, 2.45) is 0 Å². The Morgan fingerprint density at radius 1 is 0.815 bits per heavy atom. The maximum absolute atomic E-state index is 5.98. The fourth-order valence-electron chi connectivity index (χ4n) is 2.76. The van der Waals surface area contributed by atoms with Gasteiger partial charge in [-0.3, -0.25) is 0 Å². The van der Waals surface area contributed by atoms with Gasteiger partial charge in [-0.1, -0.05) is 30.3 Å². The number of aromatic nitrogens is 3. The second-order valence-corrected chi connectivity index (χ2v) is 7.79. The number of rotatable bonds is 4. The zero-order valence-corrected chi connectivity index (χ0v) is 15.7. The van der Waals surface area contributed by atoms with Crippen LogP contribution in [0, 0.1) is 0 Å². The number of hydrogen-bond acceptors (Lipinski definition) is 6. The minimum atomic E-state index is 0.323. The van der Waals surface area contributed by atoms with Crippen LogP contribution in [0.1, 0.15) is 0 Å². The molecule has 0 N–H and O–H groups in total. The third kappa shape index (κ3) is 3.20. The Morgan fingerprint density at radius 3 is 2.44 bits per heavy atom. The molecule has 5 aromatic rings. The summed E-state index contributed by atoms with van der Waals surface area (Å²) in [5, 5.41) is 2.95. The fourth-order valence-corrected chi connectivity index (χ4v) is 4.46. The average molecular weight is 387 g/mol. The van der Waals surface area contributed by atoms with Crippen LogP contribution >= 0.6 is 22.7 Å². The van der Waals surface area contributed by atoms with Crippen LogP contribution < -0.4 is 4.74 Å². The SMILES string of the molecule is c1csc(-c2cnc(Oc3ccccc3-c3nc4ccccc4s3)nc2)c1. The van der Waals surface area contributed by atoms with E-state index in [2.05, 4.69) is 16.0 Å². The van der Waals surface area contributed by atoms with Crippen LogP contribution in [0.2, 0.25) is 0 Å². The molecule has 0 aliphatic heterocycles. The van der Waals surface area contributed by atoms with Gasteiger partial charge < -0.3 is 4.74 Å². The number of fused-ring (bicyclic) bond motifs is 1. The summed E-state index contributed by atoms with van der Waals surface area (Å²) in [6, 6.07) is 20.3. The minimum Gasteiger partial charge on any atom is -0.424 e. The fraction of sp³-hybridized carbons (Fsp3) is 0. The first kappa shape index (κ1) is 16.1. The van der Waals surface area contributed by atoms with Gasteiger partial charge in [-0.05, 0) is 35.7 Å². The number of nitrogens with zero attached hydrogens (tertiary/aromatic N) is 3. The maximum atomic E-state index is 5.98. The van der Waals surface area contributed by atoms with E-state index in [1.807, 2.05) is 60.0 Å². The molecule has 0 radical (unpaired) electrons. The smallest absolute Gasteiger partial charge is 0.321 e. The summed E-state index contributed by atoms with van der Waals surface area (Å²) in [6.45, 7) is 0. The van der Waals surface area contributed by atoms with Crippen molar-refractivity contribution in [1.29, 1.82) is 0 Å². The molecule has 27 heavy (non-hydrogen) atoms. The second kappa shape index (κ2) is 6.90. The Hall–Kier alpha value is -3.09. The van der Waals surface area contributed by atoms with Crippen LogP contribution in [0.25, 0.3) is 31.2 Å². The van der Waals surface area contributed by atoms with Crippen LogP contribution in [0.5, 0.6) is 11.8 Å². The van der Waals surface area contributed by atoms with E-state index < -0.39 is 0 Å². The monoisotopic (exact) mass is 387 g/mol. The third-order valence-electron chi connectivity index (χ3n) is 4.05. The van der Waals surface area contributed by atoms with Crippen molar-refractivity contribution in [3.05, 3.63) is 78.4 Å². The van der Waals surface area contributed by atoms with E-state index in [1.165, 1.54) is 0 Å². The predicted molar refractivity (Wildman–Crippen MR) is 110 cm³/mol. The first-order valence-electron chi connectivity index (χ1n) is 8.35. The van der Waals surface area contributed by atoms with Crippen LogP contribution in [0.3, 0.4) is 0 Å². The zero-order chi connectivity index (χ0) is 18.1. The van der Waals surface area contributed by atoms with Gasteiger partial charge in [0.1, 0.15) is 10.8 Å². The van der Waals surface area contributed by atoms with Gasteiger partial charge in [-0.2, -0.15) is 0 Å². The molecule has 130 valence electrons. The highest BCUT2D eigenvalue weighted by Gasteiger charge is 2.13. The highest BCUT2D eigenvalue weighted by molar-refractivity contribution is 7.21. The lowest BCUT2D eigenvalue weighted by atomic mass is 10.2. The van der Waals surface area contributed by atoms with E-state index in [1.54, 1.807) is 35.1 Å². The lowest BCUT2D eigenvalue weighted by molar-refractivity contribution is 0.443. The highest BCUT2D eigenvalue weighted by Crippen LogP contribution is 2.37. The first-order valence-corrected chi connectivity index (χ1v) is 10.1. The molecule has 5 rings (SSSR count). The molecule has 0 aliphatic carbocycles. The Morgan fingerprint density at radius 2 is 1.63 bits per heavy atom. The maximum Gasteiger partial charge on any atom is 0.321 e. The molecule has 3 heterocycles. The Labute approximate surface area is 163 Å². The number of thiazole rings is 1. The summed E-state index contributed by atoms with van der Waals surface area (Å²) < 4.78 is 7.13. The molecule has 0 saturated heterocycles. The lowest BCUT2D eigenvalue weighted by Crippen LogP contribution is -1.93. The van der Waals surface area contributed by atoms with Gasteiger partial charge in [0.05, 0.1) is 15.8 Å². The highest BCUT2D eigenvalue weighted by atomic mass is 32.1. The van der Waals surface area contributed by atoms with Crippen molar-refractivity contribution in [2.45, 2.75) is 0 Å². The molecule has 6 heteroatoms. The number of para-hydroxylation sites is 2. The van der Waals surface area contributed by atoms with Crippen LogP contribution in [0.4, 0.5) is 0 Å². The Balaban J connectivity index is 1.47. The van der Waals surface area contributed by atoms with E-state index in [9.17, 15) is 0 Å². The van der Waals surface area contributed by atoms with E-state index in [-0.39, 0.29) is 0 Å². The van der Waals surface area contributed by atoms with Gasteiger partial charge in [0.15, 0.2) is 0 Å². The molecular weight excluding hydrogens is 374 g/mol. The topological polar surface area (TPSA) is 47.9 Å². The van der Waals surface area contributed by atoms with Crippen LogP contribution in [-0.2, 0) is 0 Å². The summed E-state index contributed by atoms with van der Waals surface area (Å²) in [6.07, 6.45) is 3.57. The first-order chi connectivity index (χ1) is 13.4. The predicted octanol–water partition coefficient (Wildman–Crippen LogP) is 6.27. The van der Waals surface area contributed by atoms with Crippen molar-refractivity contribution >= 4 is 32.9 Å². The molecule has 0 atom stereocenters. The van der Waals surface area contributed by atoms with Crippen molar-refractivity contribution < 1.29 is 4.74 Å². The zero-order valence-electron chi connectivity index (χ0n) is 14.1. The van der Waals surface area contributed by atoms with Crippen molar-refractivity contribution in [1.82, 2.24) is 15.0 Å². The van der Waals surface area contributed by atoms with Gasteiger partial charge in [-0.25, -0.2) is 15.0 Å². The van der Waals surface area contributed by atoms with Gasteiger partial charge in [0.25, 0.3) is 0 Å². The summed E-state index contributed by atoms with van der Waals surface area (Å²) in [7, 11) is 0. The number of thiophene rings is 1. The third-order valence-corrected chi connectivity index (χ3v) is 6.04. The van der Waals surface area contributed by atoms with Crippen LogP contribution in [0.15, 0.2) is 78.4 Å². The molecular formula is C21H13N3OS2. The summed E-state index contributed by atoms with van der Waals surface area (Å²) in [4.78, 5) is 14.6. The van der Waals surface area contributed by atoms with Gasteiger partial charge >= 0.3 is 6.01 Å². The standard InChI is InChI=1S/C21H13N3OS2/c1-3-8-17(15(6-1)20-24-16-7-2-4-9-19(16)27-20)25-21-22-12-14(13-23-21)18-10-5-11-26-18/h1-13H. The number of hydrogen-bond donors (Lipinski definition) is 0. The van der Waals surface area contributed by atoms with Crippen molar-refractivity contribution in [2.75, 3.05) is 0 Å². The summed E-state index contributed by atoms with van der Waals surface area (Å²) in [5.41, 5.74) is 2.91. The molecule has 0 saturated carbocycles. The summed E-state index contributed by atoms with van der Waals surface area (Å²) >= 11 is 3.31. The molecule has 0 unspecified atom stereocenters. The molecule has 2 aromatic carbocycles. The van der Waals surface area contributed by atoms with Crippen molar-refractivity contribution in [3.8, 4) is 32.8 Å². The summed E-state index contributed by atoms with van der Waals surface area (Å²) in [5.74, 6) is 0.695. The van der Waals surface area contributed by atoms with Gasteiger partial charge in [-0.15, -0.1) is 22.7 Å². The van der Waals surface area contributed by atoms with E-state index >= 15 is 0 Å². The minimum absolute atomic E-state index is 0.323. The largest absolute Gasteiger partial charge is 0.424 e. The van der Waals surface area contributed by atoms with Crippen molar-refractivity contribution in [3.63, 3.8) is 0 Å². The number of ether oxygens (including phenoxy) is 1. The normalized spacial score (nSPS) is 11.0. The van der Waals surface area contributed by atoms with E-state index in [0.29, 0.717) is 11.8 Å². The molecule has 0 fully saturated rings. The van der Waals surface area contributed by atoms with E-state index in [0.717, 1.165) is 31.2 Å². The number of benzene rings is 2. The molecule has 3 aromatic heterocycles. The van der Waals surface area contributed by atoms with Gasteiger partial charge in [0.2, 0.25) is 0 Å². The molecule has 0 amide bonds. The van der Waals surface area contributed by atoms with E-state index in [4.69, 9.17) is 9.72 Å². The molecule has 0 bridgehead atoms. The van der Waals surface area contributed by atoms with Crippen LogP contribution in [-0.4, -0.2) is 15.0 Å². The average Bonchev–Trinajstić information content (AvgIpc) is 3.39. The van der Waals surface area contributed by atoms with Gasteiger partial charge in [0, 0.05) is 22.8 Å². The Kier molecular flexibility index (Phi) is 4.12. The lowest BCUT2D eigenvalue weighted by Gasteiger charge is -2.08. The second-order valence-electron chi connectivity index (χ2n) is 5.82. The molecule has 0 aliphatic rings. The Bertz CT molecular complexity index is 1160.